The van der Waals surface area contributed by atoms with Crippen molar-refractivity contribution >= 4 is 5.69 Å². The van der Waals surface area contributed by atoms with E-state index in [9.17, 15) is 0 Å². The quantitative estimate of drug-likeness (QED) is 0.667. The summed E-state index contributed by atoms with van der Waals surface area (Å²) in [5.41, 5.74) is 10.7. The smallest absolute Gasteiger partial charge is 0.0373 e. The summed E-state index contributed by atoms with van der Waals surface area (Å²) in [7, 11) is 0. The summed E-state index contributed by atoms with van der Waals surface area (Å²) in [6.45, 7) is 5.31. The van der Waals surface area contributed by atoms with Gasteiger partial charge in [-0.1, -0.05) is 12.1 Å². The van der Waals surface area contributed by atoms with E-state index in [0.29, 0.717) is 6.04 Å². The average Bonchev–Trinajstić information content (AvgIpc) is 2.66. The molecule has 0 aromatic heterocycles. The van der Waals surface area contributed by atoms with Crippen molar-refractivity contribution in [3.05, 3.63) is 28.8 Å². The molecule has 1 aromatic rings. The summed E-state index contributed by atoms with van der Waals surface area (Å²) >= 11 is 0. The van der Waals surface area contributed by atoms with E-state index in [2.05, 4.69) is 31.3 Å². The van der Waals surface area contributed by atoms with Crippen LogP contribution in [0.15, 0.2) is 12.1 Å². The van der Waals surface area contributed by atoms with Crippen LogP contribution in [0.25, 0.3) is 0 Å². The molecule has 1 saturated heterocycles. The minimum absolute atomic E-state index is 0.549. The summed E-state index contributed by atoms with van der Waals surface area (Å²) < 4.78 is 0. The van der Waals surface area contributed by atoms with Gasteiger partial charge in [0, 0.05) is 11.7 Å². The molecule has 2 rings (SSSR count). The van der Waals surface area contributed by atoms with Crippen molar-refractivity contribution in [2.24, 2.45) is 0 Å². The molecular weight excluding hydrogens is 172 g/mol. The molecule has 76 valence electrons. The maximum Gasteiger partial charge on any atom is 0.0373 e. The highest BCUT2D eigenvalue weighted by atomic mass is 14.9. The minimum Gasteiger partial charge on any atom is -0.398 e. The second-order valence-electron chi connectivity index (χ2n) is 4.22. The maximum absolute atomic E-state index is 5.93. The molecular formula is C12H18N2. The third-order valence-corrected chi connectivity index (χ3v) is 3.08. The molecule has 0 aliphatic carbocycles. The molecule has 3 N–H and O–H groups in total. The van der Waals surface area contributed by atoms with E-state index in [4.69, 9.17) is 5.73 Å². The van der Waals surface area contributed by atoms with Gasteiger partial charge >= 0.3 is 0 Å². The zero-order valence-electron chi connectivity index (χ0n) is 8.93. The van der Waals surface area contributed by atoms with Crippen molar-refractivity contribution in [2.45, 2.75) is 32.7 Å². The lowest BCUT2D eigenvalue weighted by atomic mass is 9.99. The van der Waals surface area contributed by atoms with Crippen molar-refractivity contribution in [1.29, 1.82) is 0 Å². The van der Waals surface area contributed by atoms with E-state index in [-0.39, 0.29) is 0 Å². The van der Waals surface area contributed by atoms with Crippen LogP contribution in [0.1, 0.15) is 35.6 Å². The van der Waals surface area contributed by atoms with Crippen molar-refractivity contribution < 1.29 is 0 Å². The highest BCUT2D eigenvalue weighted by molar-refractivity contribution is 5.54. The largest absolute Gasteiger partial charge is 0.398 e. The topological polar surface area (TPSA) is 38.0 Å². The number of hydrogen-bond donors (Lipinski definition) is 2. The lowest BCUT2D eigenvalue weighted by Gasteiger charge is -2.14. The minimum atomic E-state index is 0.549. The summed E-state index contributed by atoms with van der Waals surface area (Å²) in [6, 6.07) is 4.98. The highest BCUT2D eigenvalue weighted by Crippen LogP contribution is 2.27. The van der Waals surface area contributed by atoms with Gasteiger partial charge in [-0.2, -0.15) is 0 Å². The highest BCUT2D eigenvalue weighted by Gasteiger charge is 2.16. The van der Waals surface area contributed by atoms with Gasteiger partial charge in [0.05, 0.1) is 0 Å². The van der Waals surface area contributed by atoms with Gasteiger partial charge in [-0.05, 0) is 49.9 Å². The third kappa shape index (κ3) is 1.62. The molecule has 0 spiro atoms. The van der Waals surface area contributed by atoms with Crippen LogP contribution < -0.4 is 11.1 Å². The molecule has 0 radical (unpaired) electrons. The first-order valence-electron chi connectivity index (χ1n) is 5.28. The van der Waals surface area contributed by atoms with E-state index in [1.54, 1.807) is 0 Å². The van der Waals surface area contributed by atoms with Crippen LogP contribution in [0.4, 0.5) is 5.69 Å². The molecule has 1 aliphatic heterocycles. The molecule has 2 nitrogen and oxygen atoms in total. The van der Waals surface area contributed by atoms with E-state index >= 15 is 0 Å². The number of rotatable bonds is 1. The number of benzene rings is 1. The Morgan fingerprint density at radius 3 is 2.43 bits per heavy atom. The molecule has 1 aliphatic rings. The average molecular weight is 190 g/mol. The first-order valence-corrected chi connectivity index (χ1v) is 5.28. The van der Waals surface area contributed by atoms with Crippen molar-refractivity contribution in [3.63, 3.8) is 0 Å². The number of aryl methyl sites for hydroxylation is 2. The second kappa shape index (κ2) is 3.62. The maximum atomic E-state index is 5.93. The Morgan fingerprint density at radius 1 is 1.29 bits per heavy atom. The SMILES string of the molecule is Cc1cc(C2CCCN2)cc(C)c1N. The number of nitrogens with one attached hydrogen (secondary N) is 1. The predicted octanol–water partition coefficient (Wildman–Crippen LogP) is 2.31. The first-order chi connectivity index (χ1) is 6.68. The van der Waals surface area contributed by atoms with Crippen LogP contribution in [0.3, 0.4) is 0 Å². The van der Waals surface area contributed by atoms with Crippen LogP contribution in [-0.2, 0) is 0 Å². The molecule has 1 fully saturated rings. The Labute approximate surface area is 85.5 Å². The van der Waals surface area contributed by atoms with Crippen LogP contribution in [-0.4, -0.2) is 6.54 Å². The molecule has 1 aromatic carbocycles. The molecule has 2 heteroatoms. The van der Waals surface area contributed by atoms with Crippen LogP contribution in [0, 0.1) is 13.8 Å². The van der Waals surface area contributed by atoms with Crippen LogP contribution in [0.2, 0.25) is 0 Å². The second-order valence-corrected chi connectivity index (χ2v) is 4.22. The third-order valence-electron chi connectivity index (χ3n) is 3.08. The number of hydrogen-bond acceptors (Lipinski definition) is 2. The Balaban J connectivity index is 2.34. The fraction of sp³-hybridized carbons (Fsp3) is 0.500. The van der Waals surface area contributed by atoms with Gasteiger partial charge < -0.3 is 11.1 Å². The lowest BCUT2D eigenvalue weighted by molar-refractivity contribution is 0.647. The number of nitrogen functional groups attached to an aromatic ring is 1. The fourth-order valence-electron chi connectivity index (χ4n) is 2.18. The molecule has 1 atom stereocenters. The number of anilines is 1. The normalized spacial score (nSPS) is 21.4. The van der Waals surface area contributed by atoms with Crippen molar-refractivity contribution in [3.8, 4) is 0 Å². The van der Waals surface area contributed by atoms with Gasteiger partial charge in [0.25, 0.3) is 0 Å². The van der Waals surface area contributed by atoms with Crippen LogP contribution in [0.5, 0.6) is 0 Å². The number of nitrogens with two attached hydrogens (primary N) is 1. The molecule has 14 heavy (non-hydrogen) atoms. The van der Waals surface area contributed by atoms with E-state index in [1.165, 1.54) is 29.5 Å². The van der Waals surface area contributed by atoms with Gasteiger partial charge in [0.1, 0.15) is 0 Å². The van der Waals surface area contributed by atoms with E-state index < -0.39 is 0 Å². The zero-order valence-corrected chi connectivity index (χ0v) is 8.93. The predicted molar refractivity (Wildman–Crippen MR) is 60.3 cm³/mol. The van der Waals surface area contributed by atoms with Gasteiger partial charge in [0.2, 0.25) is 0 Å². The lowest BCUT2D eigenvalue weighted by Crippen LogP contribution is -2.13. The standard InChI is InChI=1S/C12H18N2/c1-8-6-10(7-9(2)12(8)13)11-4-3-5-14-11/h6-7,11,14H,3-5,13H2,1-2H3. The summed E-state index contributed by atoms with van der Waals surface area (Å²) in [4.78, 5) is 0. The first kappa shape index (κ1) is 9.53. The molecule has 0 saturated carbocycles. The Bertz CT molecular complexity index is 315. The summed E-state index contributed by atoms with van der Waals surface area (Å²) in [5, 5.41) is 3.51. The molecule has 1 heterocycles. The van der Waals surface area contributed by atoms with Gasteiger partial charge in [-0.15, -0.1) is 0 Å². The summed E-state index contributed by atoms with van der Waals surface area (Å²) in [6.07, 6.45) is 2.54. The van der Waals surface area contributed by atoms with Crippen molar-refractivity contribution in [1.82, 2.24) is 5.32 Å². The Kier molecular flexibility index (Phi) is 2.46. The summed E-state index contributed by atoms with van der Waals surface area (Å²) in [5.74, 6) is 0. The van der Waals surface area contributed by atoms with Crippen molar-refractivity contribution in [2.75, 3.05) is 12.3 Å². The van der Waals surface area contributed by atoms with E-state index in [1.807, 2.05) is 0 Å². The molecule has 0 bridgehead atoms. The van der Waals surface area contributed by atoms with Gasteiger partial charge in [-0.25, -0.2) is 0 Å². The zero-order chi connectivity index (χ0) is 10.1. The van der Waals surface area contributed by atoms with E-state index in [0.717, 1.165) is 12.2 Å². The molecule has 1 unspecified atom stereocenters. The Morgan fingerprint density at radius 2 is 1.93 bits per heavy atom. The Hall–Kier alpha value is -1.02. The van der Waals surface area contributed by atoms with Gasteiger partial charge in [-0.3, -0.25) is 0 Å². The van der Waals surface area contributed by atoms with Crippen LogP contribution >= 0.6 is 0 Å². The monoisotopic (exact) mass is 190 g/mol. The fourth-order valence-corrected chi connectivity index (χ4v) is 2.18. The van der Waals surface area contributed by atoms with Gasteiger partial charge in [0.15, 0.2) is 0 Å². The molecule has 0 amide bonds.